The number of rotatable bonds is 5. The maximum atomic E-state index is 6.05. The molecule has 0 spiro atoms. The van der Waals surface area contributed by atoms with E-state index in [4.69, 9.17) is 4.74 Å². The van der Waals surface area contributed by atoms with Gasteiger partial charge in [0.1, 0.15) is 17.9 Å². The Bertz CT molecular complexity index is 828. The third-order valence-electron chi connectivity index (χ3n) is 4.61. The monoisotopic (exact) mass is 339 g/mol. The number of likely N-dealkylation sites (tertiary alicyclic amines) is 1. The molecule has 1 aliphatic heterocycles. The Kier molecular flexibility index (Phi) is 4.19. The minimum absolute atomic E-state index is 0.405. The molecule has 1 N–H and O–H groups in total. The van der Waals surface area contributed by atoms with Crippen LogP contribution in [-0.2, 0) is 13.6 Å². The topological polar surface area (TPSA) is 84.8 Å². The lowest BCUT2D eigenvalue weighted by atomic mass is 10.1. The van der Waals surface area contributed by atoms with Crippen molar-refractivity contribution < 1.29 is 4.74 Å². The number of hydrogen-bond donors (Lipinski definition) is 1. The minimum atomic E-state index is 0.405. The van der Waals surface area contributed by atoms with Crippen LogP contribution in [0.4, 0.5) is 0 Å². The van der Waals surface area contributed by atoms with Gasteiger partial charge in [0.2, 0.25) is 5.88 Å². The van der Waals surface area contributed by atoms with Crippen LogP contribution in [0.2, 0.25) is 0 Å². The van der Waals surface area contributed by atoms with E-state index in [1.807, 2.05) is 26.1 Å². The number of aromatic amines is 1. The number of aromatic nitrogens is 6. The normalized spacial score (nSPS) is 17.9. The average molecular weight is 339 g/mol. The molecule has 1 aliphatic rings. The summed E-state index contributed by atoms with van der Waals surface area (Å²) in [6.45, 7) is 4.80. The van der Waals surface area contributed by atoms with Crippen LogP contribution in [0.5, 0.6) is 11.6 Å². The van der Waals surface area contributed by atoms with Gasteiger partial charge in [0.25, 0.3) is 0 Å². The predicted molar refractivity (Wildman–Crippen MR) is 91.3 cm³/mol. The zero-order chi connectivity index (χ0) is 17.2. The minimum Gasteiger partial charge on any atom is -0.437 e. The molecule has 1 unspecified atom stereocenters. The van der Waals surface area contributed by atoms with Crippen molar-refractivity contribution in [1.29, 1.82) is 0 Å². The maximum absolute atomic E-state index is 6.05. The van der Waals surface area contributed by atoms with E-state index in [9.17, 15) is 0 Å². The molecule has 4 rings (SSSR count). The summed E-state index contributed by atoms with van der Waals surface area (Å²) in [5.41, 5.74) is 2.11. The molecular weight excluding hydrogens is 318 g/mol. The molecule has 0 amide bonds. The number of hydrogen-bond acceptors (Lipinski definition) is 6. The number of aryl methyl sites for hydroxylation is 2. The van der Waals surface area contributed by atoms with Crippen molar-refractivity contribution in [3.63, 3.8) is 0 Å². The van der Waals surface area contributed by atoms with E-state index < -0.39 is 0 Å². The molecule has 0 aliphatic carbocycles. The van der Waals surface area contributed by atoms with Gasteiger partial charge in [0.15, 0.2) is 0 Å². The molecule has 0 radical (unpaired) electrons. The third kappa shape index (κ3) is 3.25. The molecule has 0 bridgehead atoms. The summed E-state index contributed by atoms with van der Waals surface area (Å²) in [5, 5.41) is 11.5. The molecule has 0 saturated carbocycles. The Labute approximate surface area is 145 Å². The van der Waals surface area contributed by atoms with Crippen LogP contribution < -0.4 is 4.74 Å². The zero-order valence-corrected chi connectivity index (χ0v) is 14.4. The Morgan fingerprint density at radius 3 is 3.08 bits per heavy atom. The quantitative estimate of drug-likeness (QED) is 0.765. The third-order valence-corrected chi connectivity index (χ3v) is 4.61. The van der Waals surface area contributed by atoms with E-state index in [-0.39, 0.29) is 0 Å². The van der Waals surface area contributed by atoms with Gasteiger partial charge in [-0.3, -0.25) is 15.0 Å². The summed E-state index contributed by atoms with van der Waals surface area (Å²) < 4.78 is 7.85. The molecule has 0 aromatic carbocycles. The van der Waals surface area contributed by atoms with Crippen LogP contribution in [0.25, 0.3) is 0 Å². The lowest BCUT2D eigenvalue weighted by Gasteiger charge is -2.16. The second-order valence-electron chi connectivity index (χ2n) is 6.37. The van der Waals surface area contributed by atoms with Gasteiger partial charge in [-0.1, -0.05) is 0 Å². The fourth-order valence-corrected chi connectivity index (χ4v) is 3.34. The first-order valence-electron chi connectivity index (χ1n) is 8.38. The van der Waals surface area contributed by atoms with E-state index in [1.165, 1.54) is 0 Å². The number of pyridine rings is 1. The molecule has 4 heterocycles. The van der Waals surface area contributed by atoms with Gasteiger partial charge < -0.3 is 4.74 Å². The largest absolute Gasteiger partial charge is 0.437 e. The van der Waals surface area contributed by atoms with Gasteiger partial charge in [-0.25, -0.2) is 9.67 Å². The highest BCUT2D eigenvalue weighted by Crippen LogP contribution is 2.31. The Morgan fingerprint density at radius 1 is 1.40 bits per heavy atom. The van der Waals surface area contributed by atoms with Crippen LogP contribution in [0, 0.1) is 6.92 Å². The highest BCUT2D eigenvalue weighted by atomic mass is 16.5. The van der Waals surface area contributed by atoms with E-state index in [1.54, 1.807) is 23.4 Å². The lowest BCUT2D eigenvalue weighted by molar-refractivity contribution is 0.317. The fraction of sp³-hybridized carbons (Fsp3) is 0.412. The summed E-state index contributed by atoms with van der Waals surface area (Å²) in [7, 11) is 1.91. The fourth-order valence-electron chi connectivity index (χ4n) is 3.34. The zero-order valence-electron chi connectivity index (χ0n) is 14.4. The van der Waals surface area contributed by atoms with Crippen molar-refractivity contribution in [2.75, 3.05) is 13.1 Å². The van der Waals surface area contributed by atoms with Crippen LogP contribution in [-0.4, -0.2) is 47.9 Å². The van der Waals surface area contributed by atoms with Gasteiger partial charge in [-0.2, -0.15) is 10.2 Å². The molecule has 3 aromatic heterocycles. The van der Waals surface area contributed by atoms with Crippen LogP contribution in [0.3, 0.4) is 0 Å². The summed E-state index contributed by atoms with van der Waals surface area (Å²) in [4.78, 5) is 10.8. The molecule has 25 heavy (non-hydrogen) atoms. The number of nitrogens with zero attached hydrogens (tertiary/aromatic N) is 6. The molecule has 8 nitrogen and oxygen atoms in total. The lowest BCUT2D eigenvalue weighted by Crippen LogP contribution is -2.20. The Morgan fingerprint density at radius 2 is 2.32 bits per heavy atom. The van der Waals surface area contributed by atoms with Crippen molar-refractivity contribution in [3.8, 4) is 11.6 Å². The van der Waals surface area contributed by atoms with E-state index >= 15 is 0 Å². The van der Waals surface area contributed by atoms with Crippen molar-refractivity contribution in [1.82, 2.24) is 34.8 Å². The molecule has 1 fully saturated rings. The first-order valence-corrected chi connectivity index (χ1v) is 8.38. The number of ether oxygens (including phenoxy) is 1. The van der Waals surface area contributed by atoms with Crippen molar-refractivity contribution in [2.24, 2.45) is 7.05 Å². The molecule has 3 aromatic rings. The molecule has 1 saturated heterocycles. The SMILES string of the molecule is Cc1nn(C)c(Oc2cccnc2)c1CN1CCC(c2ncn[nH]2)C1. The molecule has 8 heteroatoms. The van der Waals surface area contributed by atoms with Crippen molar-refractivity contribution >= 4 is 0 Å². The molecule has 1 atom stereocenters. The van der Waals surface area contributed by atoms with Gasteiger partial charge in [0.05, 0.1) is 17.5 Å². The predicted octanol–water partition coefficient (Wildman–Crippen LogP) is 2.02. The van der Waals surface area contributed by atoms with Crippen LogP contribution in [0.1, 0.15) is 29.4 Å². The molecular formula is C17H21N7O. The second-order valence-corrected chi connectivity index (χ2v) is 6.37. The van der Waals surface area contributed by atoms with Crippen molar-refractivity contribution in [3.05, 3.63) is 47.9 Å². The standard InChI is InChI=1S/C17H21N7O/c1-12-15(10-24-7-5-13(9-24)16-19-11-20-21-16)17(23(2)22-12)25-14-4-3-6-18-8-14/h3-4,6,8,11,13H,5,7,9-10H2,1-2H3,(H,19,20,21). The highest BCUT2D eigenvalue weighted by molar-refractivity contribution is 5.35. The number of H-pyrrole nitrogens is 1. The van der Waals surface area contributed by atoms with Gasteiger partial charge in [-0.15, -0.1) is 0 Å². The first kappa shape index (κ1) is 15.8. The van der Waals surface area contributed by atoms with Gasteiger partial charge in [-0.05, 0) is 32.0 Å². The van der Waals surface area contributed by atoms with Crippen LogP contribution >= 0.6 is 0 Å². The Balaban J connectivity index is 1.51. The average Bonchev–Trinajstić information content (AvgIpc) is 3.33. The van der Waals surface area contributed by atoms with Gasteiger partial charge in [0, 0.05) is 32.3 Å². The summed E-state index contributed by atoms with van der Waals surface area (Å²) in [6.07, 6.45) is 6.09. The summed E-state index contributed by atoms with van der Waals surface area (Å²) >= 11 is 0. The van der Waals surface area contributed by atoms with Crippen LogP contribution in [0.15, 0.2) is 30.9 Å². The second kappa shape index (κ2) is 6.64. The van der Waals surface area contributed by atoms with E-state index in [2.05, 4.69) is 30.2 Å². The van der Waals surface area contributed by atoms with Crippen molar-refractivity contribution in [2.45, 2.75) is 25.8 Å². The highest BCUT2D eigenvalue weighted by Gasteiger charge is 2.28. The van der Waals surface area contributed by atoms with Gasteiger partial charge >= 0.3 is 0 Å². The summed E-state index contributed by atoms with van der Waals surface area (Å²) in [6, 6.07) is 3.76. The number of nitrogens with one attached hydrogen (secondary N) is 1. The Hall–Kier alpha value is -2.74. The summed E-state index contributed by atoms with van der Waals surface area (Å²) in [5.74, 6) is 2.86. The maximum Gasteiger partial charge on any atom is 0.222 e. The van der Waals surface area contributed by atoms with E-state index in [0.29, 0.717) is 11.7 Å². The smallest absolute Gasteiger partial charge is 0.222 e. The van der Waals surface area contributed by atoms with E-state index in [0.717, 1.165) is 49.0 Å². The first-order chi connectivity index (χ1) is 12.2. The molecule has 130 valence electrons.